The van der Waals surface area contributed by atoms with Gasteiger partial charge in [-0.25, -0.2) is 0 Å². The molecule has 1 aliphatic carbocycles. The molecular weight excluding hydrogens is 260 g/mol. The van der Waals surface area contributed by atoms with Crippen LogP contribution < -0.4 is 5.32 Å². The van der Waals surface area contributed by atoms with Crippen LogP contribution in [-0.2, 0) is 0 Å². The molecule has 1 heterocycles. The van der Waals surface area contributed by atoms with Crippen LogP contribution in [0.3, 0.4) is 0 Å². The van der Waals surface area contributed by atoms with Crippen molar-refractivity contribution in [3.05, 3.63) is 0 Å². The van der Waals surface area contributed by atoms with Gasteiger partial charge in [-0.1, -0.05) is 26.7 Å². The Morgan fingerprint density at radius 3 is 2.76 bits per heavy atom. The molecule has 4 atom stereocenters. The quantitative estimate of drug-likeness (QED) is 0.791. The molecule has 2 N–H and O–H groups in total. The number of hydrogen-bond donors (Lipinski definition) is 2. The molecule has 0 aromatic carbocycles. The van der Waals surface area contributed by atoms with Gasteiger partial charge in [0.25, 0.3) is 0 Å². The Balaban J connectivity index is 1.94. The van der Waals surface area contributed by atoms with E-state index in [1.807, 2.05) is 0 Å². The maximum Gasteiger partial charge on any atom is 0.0586 e. The summed E-state index contributed by atoms with van der Waals surface area (Å²) < 4.78 is 0. The average Bonchev–Trinajstić information content (AvgIpc) is 2.71. The maximum absolute atomic E-state index is 9.72. The largest absolute Gasteiger partial charge is 0.395 e. The Morgan fingerprint density at radius 2 is 2.00 bits per heavy atom. The molecule has 1 saturated heterocycles. The molecule has 1 aliphatic heterocycles. The molecule has 0 radical (unpaired) electrons. The lowest BCUT2D eigenvalue weighted by molar-refractivity contribution is 0.0817. The number of nitrogens with zero attached hydrogens (tertiary/aromatic N) is 1. The number of aliphatic hydroxyl groups excluding tert-OH is 1. The van der Waals surface area contributed by atoms with Crippen LogP contribution in [0.1, 0.15) is 65.2 Å². The Kier molecular flexibility index (Phi) is 7.48. The second-order valence-electron chi connectivity index (χ2n) is 7.42. The summed E-state index contributed by atoms with van der Waals surface area (Å²) >= 11 is 0. The number of rotatable bonds is 6. The number of aliphatic hydroxyl groups is 1. The first-order valence-corrected chi connectivity index (χ1v) is 9.32. The zero-order chi connectivity index (χ0) is 15.1. The molecule has 0 amide bonds. The first-order valence-electron chi connectivity index (χ1n) is 9.32. The van der Waals surface area contributed by atoms with E-state index in [9.17, 15) is 5.11 Å². The first kappa shape index (κ1) is 17.2. The normalized spacial score (nSPS) is 35.6. The van der Waals surface area contributed by atoms with E-state index in [1.54, 1.807) is 0 Å². The highest BCUT2D eigenvalue weighted by molar-refractivity contribution is 4.87. The van der Waals surface area contributed by atoms with Crippen LogP contribution in [0.15, 0.2) is 0 Å². The highest BCUT2D eigenvalue weighted by Crippen LogP contribution is 2.31. The second-order valence-corrected chi connectivity index (χ2v) is 7.42. The predicted molar refractivity (Wildman–Crippen MR) is 89.5 cm³/mol. The van der Waals surface area contributed by atoms with Crippen molar-refractivity contribution in [2.24, 2.45) is 11.8 Å². The van der Waals surface area contributed by atoms with E-state index in [0.29, 0.717) is 18.7 Å². The molecule has 2 aliphatic rings. The molecule has 3 heteroatoms. The Labute approximate surface area is 131 Å². The number of hydrogen-bond acceptors (Lipinski definition) is 3. The molecule has 0 aromatic rings. The van der Waals surface area contributed by atoms with Gasteiger partial charge in [0.15, 0.2) is 0 Å². The molecule has 0 aromatic heterocycles. The first-order chi connectivity index (χ1) is 10.2. The van der Waals surface area contributed by atoms with Gasteiger partial charge >= 0.3 is 0 Å². The van der Waals surface area contributed by atoms with Gasteiger partial charge in [0.05, 0.1) is 6.61 Å². The molecule has 2 rings (SSSR count). The smallest absolute Gasteiger partial charge is 0.0586 e. The van der Waals surface area contributed by atoms with Crippen molar-refractivity contribution in [3.8, 4) is 0 Å². The molecule has 124 valence electrons. The SMILES string of the molecule is CCCNC1CCC(C)CC1CN1CCCCCC1CO. The Morgan fingerprint density at radius 1 is 1.14 bits per heavy atom. The van der Waals surface area contributed by atoms with E-state index in [2.05, 4.69) is 24.1 Å². The lowest BCUT2D eigenvalue weighted by Crippen LogP contribution is -2.48. The molecule has 3 nitrogen and oxygen atoms in total. The highest BCUT2D eigenvalue weighted by Gasteiger charge is 2.31. The average molecular weight is 296 g/mol. The van der Waals surface area contributed by atoms with Crippen molar-refractivity contribution in [1.29, 1.82) is 0 Å². The standard InChI is InChI=1S/C18H36N2O/c1-3-10-19-18-9-8-15(2)12-16(18)13-20-11-6-4-5-7-17(20)14-21/h15-19,21H,3-14H2,1-2H3. The summed E-state index contributed by atoms with van der Waals surface area (Å²) in [6.07, 6.45) is 10.4. The van der Waals surface area contributed by atoms with Gasteiger partial charge in [0.1, 0.15) is 0 Å². The van der Waals surface area contributed by atoms with Gasteiger partial charge in [-0.3, -0.25) is 4.90 Å². The third-order valence-electron chi connectivity index (χ3n) is 5.58. The summed E-state index contributed by atoms with van der Waals surface area (Å²) in [5, 5.41) is 13.5. The van der Waals surface area contributed by atoms with Crippen LogP contribution in [0, 0.1) is 11.8 Å². The molecule has 0 bridgehead atoms. The van der Waals surface area contributed by atoms with E-state index in [-0.39, 0.29) is 0 Å². The molecule has 2 fully saturated rings. The molecule has 21 heavy (non-hydrogen) atoms. The van der Waals surface area contributed by atoms with Gasteiger partial charge in [0.2, 0.25) is 0 Å². The molecular formula is C18H36N2O. The summed E-state index contributed by atoms with van der Waals surface area (Å²) in [6.45, 7) is 8.54. The molecule has 1 saturated carbocycles. The zero-order valence-electron chi connectivity index (χ0n) is 14.2. The van der Waals surface area contributed by atoms with Crippen molar-refractivity contribution in [3.63, 3.8) is 0 Å². The fraction of sp³-hybridized carbons (Fsp3) is 1.00. The van der Waals surface area contributed by atoms with E-state index >= 15 is 0 Å². The lowest BCUT2D eigenvalue weighted by atomic mass is 9.78. The van der Waals surface area contributed by atoms with Crippen molar-refractivity contribution in [1.82, 2.24) is 10.2 Å². The maximum atomic E-state index is 9.72. The second kappa shape index (κ2) is 9.12. The van der Waals surface area contributed by atoms with Crippen molar-refractivity contribution >= 4 is 0 Å². The fourth-order valence-electron chi connectivity index (χ4n) is 4.28. The van der Waals surface area contributed by atoms with Crippen molar-refractivity contribution < 1.29 is 5.11 Å². The van der Waals surface area contributed by atoms with Gasteiger partial charge in [0, 0.05) is 18.6 Å². The number of likely N-dealkylation sites (tertiary alicyclic amines) is 1. The van der Waals surface area contributed by atoms with Gasteiger partial charge < -0.3 is 10.4 Å². The third-order valence-corrected chi connectivity index (χ3v) is 5.58. The fourth-order valence-corrected chi connectivity index (χ4v) is 4.28. The van der Waals surface area contributed by atoms with Gasteiger partial charge in [-0.2, -0.15) is 0 Å². The molecule has 0 spiro atoms. The summed E-state index contributed by atoms with van der Waals surface area (Å²) in [7, 11) is 0. The Bertz CT molecular complexity index is 282. The minimum absolute atomic E-state index is 0.343. The summed E-state index contributed by atoms with van der Waals surface area (Å²) in [6, 6.07) is 1.11. The zero-order valence-corrected chi connectivity index (χ0v) is 14.2. The lowest BCUT2D eigenvalue weighted by Gasteiger charge is -2.40. The van der Waals surface area contributed by atoms with E-state index in [1.165, 1.54) is 64.5 Å². The van der Waals surface area contributed by atoms with Crippen LogP contribution in [0.5, 0.6) is 0 Å². The topological polar surface area (TPSA) is 35.5 Å². The van der Waals surface area contributed by atoms with E-state index < -0.39 is 0 Å². The van der Waals surface area contributed by atoms with Gasteiger partial charge in [-0.15, -0.1) is 0 Å². The minimum atomic E-state index is 0.343. The van der Waals surface area contributed by atoms with Gasteiger partial charge in [-0.05, 0) is 63.5 Å². The van der Waals surface area contributed by atoms with E-state index in [4.69, 9.17) is 0 Å². The third kappa shape index (κ3) is 5.22. The Hall–Kier alpha value is -0.120. The van der Waals surface area contributed by atoms with Crippen LogP contribution in [0.4, 0.5) is 0 Å². The van der Waals surface area contributed by atoms with Crippen molar-refractivity contribution in [2.75, 3.05) is 26.2 Å². The van der Waals surface area contributed by atoms with Crippen LogP contribution in [0.2, 0.25) is 0 Å². The monoisotopic (exact) mass is 296 g/mol. The summed E-state index contributed by atoms with van der Waals surface area (Å²) in [4.78, 5) is 2.61. The van der Waals surface area contributed by atoms with Crippen LogP contribution in [0.25, 0.3) is 0 Å². The number of nitrogens with one attached hydrogen (secondary N) is 1. The summed E-state index contributed by atoms with van der Waals surface area (Å²) in [5.74, 6) is 1.64. The van der Waals surface area contributed by atoms with E-state index in [0.717, 1.165) is 18.4 Å². The highest BCUT2D eigenvalue weighted by atomic mass is 16.3. The molecule has 4 unspecified atom stereocenters. The summed E-state index contributed by atoms with van der Waals surface area (Å²) in [5.41, 5.74) is 0. The van der Waals surface area contributed by atoms with Crippen LogP contribution in [-0.4, -0.2) is 48.3 Å². The van der Waals surface area contributed by atoms with Crippen molar-refractivity contribution in [2.45, 2.75) is 77.3 Å². The minimum Gasteiger partial charge on any atom is -0.395 e. The van der Waals surface area contributed by atoms with Crippen LogP contribution >= 0.6 is 0 Å². The predicted octanol–water partition coefficient (Wildman–Crippen LogP) is 3.03.